The summed E-state index contributed by atoms with van der Waals surface area (Å²) in [7, 11) is -0.926. The number of rotatable bonds is 9. The van der Waals surface area contributed by atoms with Crippen LogP contribution < -0.4 is 5.73 Å². The Morgan fingerprint density at radius 3 is 2.53 bits per heavy atom. The van der Waals surface area contributed by atoms with Gasteiger partial charge in [-0.1, -0.05) is 12.1 Å². The Morgan fingerprint density at radius 1 is 1.21 bits per heavy atom. The Kier molecular flexibility index (Phi) is 7.37. The van der Waals surface area contributed by atoms with Crippen molar-refractivity contribution in [1.29, 1.82) is 0 Å². The molecule has 0 saturated carbocycles. The highest BCUT2D eigenvalue weighted by Crippen LogP contribution is 2.14. The number of aliphatic hydroxyl groups is 1. The molecule has 5 heteroatoms. The number of hydrogen-bond donors (Lipinski definition) is 2. The van der Waals surface area contributed by atoms with Gasteiger partial charge in [-0.25, -0.2) is 0 Å². The van der Waals surface area contributed by atoms with Gasteiger partial charge in [0.15, 0.2) is 8.32 Å². The van der Waals surface area contributed by atoms with E-state index < -0.39 is 8.32 Å². The topological polar surface area (TPSA) is 55.5 Å². The third-order valence-corrected chi connectivity index (χ3v) is 7.91. The van der Waals surface area contributed by atoms with E-state index in [0.717, 1.165) is 37.0 Å². The number of hydrogen-bond acceptors (Lipinski definition) is 3. The average Bonchev–Trinajstić information content (AvgIpc) is 2.38. The Balaban J connectivity index is 2.12. The highest BCUT2D eigenvalue weighted by molar-refractivity contribution is 6.75. The van der Waals surface area contributed by atoms with Crippen LogP contribution in [0.2, 0.25) is 25.2 Å². The fraction of sp³-hybridized carbons (Fsp3) is 0.571. The van der Waals surface area contributed by atoms with E-state index in [1.54, 1.807) is 0 Å². The monoisotopic (exact) mass is 295 g/mol. The lowest BCUT2D eigenvalue weighted by molar-refractivity contribution is 0.293. The van der Waals surface area contributed by atoms with Crippen LogP contribution in [0.1, 0.15) is 18.4 Å². The molecular weight excluding hydrogens is 270 g/mol. The van der Waals surface area contributed by atoms with Crippen LogP contribution in [0.25, 0.3) is 0 Å². The van der Waals surface area contributed by atoms with E-state index in [1.165, 1.54) is 5.56 Å². The lowest BCUT2D eigenvalue weighted by atomic mass is 10.1. The number of aryl methyl sites for hydroxylation is 1. The summed E-state index contributed by atoms with van der Waals surface area (Å²) in [6, 6.07) is 10.3. The van der Waals surface area contributed by atoms with E-state index in [-0.39, 0.29) is 6.61 Å². The molecule has 0 heterocycles. The standard InChI is InChI=1S/C14H25NO2Si2/c1-19(2,12-4-10-16)17-18-11-3-5-13-6-8-14(15)9-7-13/h6-9,16H,3-5,10-12,15H2,1-2H3. The molecule has 0 aliphatic carbocycles. The maximum absolute atomic E-state index is 8.84. The molecule has 0 aliphatic rings. The van der Waals surface area contributed by atoms with Gasteiger partial charge in [-0.3, -0.25) is 0 Å². The van der Waals surface area contributed by atoms with E-state index in [0.29, 0.717) is 9.76 Å². The summed E-state index contributed by atoms with van der Waals surface area (Å²) in [6.45, 7) is 4.74. The summed E-state index contributed by atoms with van der Waals surface area (Å²) in [5.74, 6) is 0. The molecule has 19 heavy (non-hydrogen) atoms. The fourth-order valence-corrected chi connectivity index (χ4v) is 5.56. The number of anilines is 1. The zero-order valence-electron chi connectivity index (χ0n) is 12.0. The molecule has 1 aromatic carbocycles. The van der Waals surface area contributed by atoms with Crippen LogP contribution in [0.3, 0.4) is 0 Å². The minimum Gasteiger partial charge on any atom is -0.456 e. The summed E-state index contributed by atoms with van der Waals surface area (Å²) < 4.78 is 6.02. The van der Waals surface area contributed by atoms with Crippen molar-refractivity contribution >= 4 is 23.8 Å². The van der Waals surface area contributed by atoms with Gasteiger partial charge in [0.2, 0.25) is 9.76 Å². The summed E-state index contributed by atoms with van der Waals surface area (Å²) in [6.07, 6.45) is 3.12. The fourth-order valence-electron chi connectivity index (χ4n) is 1.85. The Hall–Kier alpha value is -0.626. The molecule has 3 nitrogen and oxygen atoms in total. The summed E-state index contributed by atoms with van der Waals surface area (Å²) in [5.41, 5.74) is 7.83. The molecule has 0 bridgehead atoms. The normalized spacial score (nSPS) is 11.7. The van der Waals surface area contributed by atoms with Gasteiger partial charge in [0, 0.05) is 12.3 Å². The number of aliphatic hydroxyl groups excluding tert-OH is 1. The van der Waals surface area contributed by atoms with Gasteiger partial charge in [-0.2, -0.15) is 0 Å². The maximum Gasteiger partial charge on any atom is 0.215 e. The largest absolute Gasteiger partial charge is 0.456 e. The van der Waals surface area contributed by atoms with Gasteiger partial charge in [0.1, 0.15) is 0 Å². The van der Waals surface area contributed by atoms with Crippen molar-refractivity contribution in [2.75, 3.05) is 12.3 Å². The molecule has 0 atom stereocenters. The number of nitrogens with two attached hydrogens (primary N) is 1. The molecule has 106 valence electrons. The Labute approximate surface area is 120 Å². The third kappa shape index (κ3) is 7.52. The van der Waals surface area contributed by atoms with E-state index in [2.05, 4.69) is 25.2 Å². The van der Waals surface area contributed by atoms with Crippen molar-refractivity contribution in [3.8, 4) is 0 Å². The van der Waals surface area contributed by atoms with Crippen molar-refractivity contribution in [1.82, 2.24) is 0 Å². The zero-order valence-corrected chi connectivity index (χ0v) is 14.0. The first-order chi connectivity index (χ1) is 9.03. The molecule has 3 N–H and O–H groups in total. The minimum atomic E-state index is -1.53. The van der Waals surface area contributed by atoms with E-state index in [1.807, 2.05) is 12.1 Å². The first-order valence-corrected chi connectivity index (χ1v) is 11.1. The van der Waals surface area contributed by atoms with Gasteiger partial charge in [-0.05, 0) is 62.1 Å². The summed E-state index contributed by atoms with van der Waals surface area (Å²) in [4.78, 5) is 0. The minimum absolute atomic E-state index is 0.278. The van der Waals surface area contributed by atoms with E-state index in [4.69, 9.17) is 15.0 Å². The van der Waals surface area contributed by atoms with Gasteiger partial charge in [0.05, 0.1) is 0 Å². The quantitative estimate of drug-likeness (QED) is 0.418. The molecule has 0 spiro atoms. The van der Waals surface area contributed by atoms with E-state index in [9.17, 15) is 0 Å². The first kappa shape index (κ1) is 16.4. The van der Waals surface area contributed by atoms with Crippen LogP contribution in [0, 0.1) is 0 Å². The average molecular weight is 296 g/mol. The molecule has 0 saturated heterocycles. The highest BCUT2D eigenvalue weighted by Gasteiger charge is 2.20. The predicted octanol–water partition coefficient (Wildman–Crippen LogP) is 2.84. The molecule has 0 amide bonds. The van der Waals surface area contributed by atoms with E-state index >= 15 is 0 Å². The Morgan fingerprint density at radius 2 is 1.89 bits per heavy atom. The number of benzene rings is 1. The van der Waals surface area contributed by atoms with Crippen molar-refractivity contribution in [3.63, 3.8) is 0 Å². The molecule has 0 aromatic heterocycles. The van der Waals surface area contributed by atoms with Crippen molar-refractivity contribution in [3.05, 3.63) is 29.8 Å². The lowest BCUT2D eigenvalue weighted by Crippen LogP contribution is -2.32. The third-order valence-electron chi connectivity index (χ3n) is 3.01. The van der Waals surface area contributed by atoms with Gasteiger partial charge in [-0.15, -0.1) is 0 Å². The SMILES string of the molecule is C[Si](C)(CCCO)O[Si]CCCc1ccc(N)cc1. The zero-order chi connectivity index (χ0) is 14.1. The molecule has 0 fully saturated rings. The van der Waals surface area contributed by atoms with Crippen LogP contribution in [-0.4, -0.2) is 29.8 Å². The van der Waals surface area contributed by atoms with Gasteiger partial charge in [0.25, 0.3) is 0 Å². The smallest absolute Gasteiger partial charge is 0.215 e. The summed E-state index contributed by atoms with van der Waals surface area (Å²) >= 11 is 0. The summed E-state index contributed by atoms with van der Waals surface area (Å²) in [5, 5.41) is 8.84. The van der Waals surface area contributed by atoms with Gasteiger partial charge >= 0.3 is 0 Å². The lowest BCUT2D eigenvalue weighted by Gasteiger charge is -2.22. The van der Waals surface area contributed by atoms with Crippen LogP contribution in [0.5, 0.6) is 0 Å². The van der Waals surface area contributed by atoms with Crippen LogP contribution >= 0.6 is 0 Å². The first-order valence-electron chi connectivity index (χ1n) is 6.90. The number of nitrogen functional groups attached to an aromatic ring is 1. The molecule has 1 rings (SSSR count). The van der Waals surface area contributed by atoms with Crippen molar-refractivity contribution in [2.45, 2.75) is 44.4 Å². The molecular formula is C14H25NO2Si2. The van der Waals surface area contributed by atoms with Crippen LogP contribution in [0.4, 0.5) is 5.69 Å². The molecule has 0 aliphatic heterocycles. The van der Waals surface area contributed by atoms with Crippen molar-refractivity contribution in [2.24, 2.45) is 0 Å². The molecule has 1 aromatic rings. The van der Waals surface area contributed by atoms with Crippen LogP contribution in [0.15, 0.2) is 24.3 Å². The second kappa shape index (κ2) is 8.53. The molecule has 2 radical (unpaired) electrons. The van der Waals surface area contributed by atoms with Crippen molar-refractivity contribution < 1.29 is 9.22 Å². The second-order valence-electron chi connectivity index (χ2n) is 5.43. The highest BCUT2D eigenvalue weighted by atomic mass is 28.4. The predicted molar refractivity (Wildman–Crippen MR) is 84.8 cm³/mol. The maximum atomic E-state index is 8.84. The van der Waals surface area contributed by atoms with Gasteiger partial charge < -0.3 is 15.0 Å². The molecule has 0 unspecified atom stereocenters. The van der Waals surface area contributed by atoms with Crippen LogP contribution in [-0.2, 0) is 10.5 Å². The Bertz CT molecular complexity index is 355. The second-order valence-corrected chi connectivity index (χ2v) is 11.1.